The topological polar surface area (TPSA) is 125 Å². The van der Waals surface area contributed by atoms with Crippen LogP contribution in [-0.2, 0) is 0 Å². The van der Waals surface area contributed by atoms with Gasteiger partial charge >= 0.3 is 11.2 Å². The van der Waals surface area contributed by atoms with E-state index in [9.17, 15) is 14.9 Å². The first kappa shape index (κ1) is 20.1. The number of ether oxygens (including phenoxy) is 2. The van der Waals surface area contributed by atoms with Gasteiger partial charge in [-0.3, -0.25) is 20.0 Å². The Hall–Kier alpha value is -3.69. The van der Waals surface area contributed by atoms with Gasteiger partial charge in [0.25, 0.3) is 5.78 Å². The number of rotatable bonds is 8. The van der Waals surface area contributed by atoms with Crippen molar-refractivity contribution in [2.45, 2.75) is 20.3 Å². The summed E-state index contributed by atoms with van der Waals surface area (Å²) in [5.41, 5.74) is -0.841. The van der Waals surface area contributed by atoms with E-state index in [-0.39, 0.29) is 11.5 Å². The fraction of sp³-hybridized carbons (Fsp3) is 0.316. The molecule has 0 aliphatic heterocycles. The predicted molar refractivity (Wildman–Crippen MR) is 107 cm³/mol. The Morgan fingerprint density at radius 3 is 2.79 bits per heavy atom. The molecule has 0 radical (unpaired) electrons. The molecule has 0 unspecified atom stereocenters. The molecule has 1 N–H and O–H groups in total. The number of H-pyrrole nitrogens is 1. The van der Waals surface area contributed by atoms with Crippen molar-refractivity contribution in [2.75, 3.05) is 13.7 Å². The van der Waals surface area contributed by atoms with Crippen molar-refractivity contribution < 1.29 is 14.4 Å². The Kier molecular flexibility index (Phi) is 5.91. The first-order chi connectivity index (χ1) is 13.9. The van der Waals surface area contributed by atoms with Gasteiger partial charge in [-0.2, -0.15) is 4.52 Å². The molecule has 152 valence electrons. The molecule has 0 saturated heterocycles. The maximum Gasteiger partial charge on any atom is 0.361 e. The standard InChI is InChI=1S/C19H21N5O5/c1-12(2)8-9-29-15-7-5-13(10-16(15)28-3)4-6-14-17(24(26)27)18(25)23-19(22-14)20-11-21-23/h4-7,10-12H,8-9H2,1-3H3,(H,20,21,22)/b6-4+. The molecule has 2 heterocycles. The van der Waals surface area contributed by atoms with Crippen LogP contribution in [0.3, 0.4) is 0 Å². The SMILES string of the molecule is COc1cc(/C=C/c2nc3nc[nH]n3c(=O)c2[N+](=O)[O-])ccc1OCCC(C)C. The lowest BCUT2D eigenvalue weighted by molar-refractivity contribution is -0.386. The molecule has 0 spiro atoms. The Bertz CT molecular complexity index is 1120. The molecule has 2 aromatic heterocycles. The Labute approximate surface area is 166 Å². The summed E-state index contributed by atoms with van der Waals surface area (Å²) in [6.45, 7) is 4.81. The molecule has 3 rings (SSSR count). The molecule has 0 bridgehead atoms. The molecule has 3 aromatic rings. The van der Waals surface area contributed by atoms with Crippen LogP contribution in [0.25, 0.3) is 17.9 Å². The van der Waals surface area contributed by atoms with Crippen LogP contribution in [0, 0.1) is 16.0 Å². The first-order valence-electron chi connectivity index (χ1n) is 9.00. The van der Waals surface area contributed by atoms with Gasteiger partial charge in [-0.25, -0.2) is 9.97 Å². The average Bonchev–Trinajstić information content (AvgIpc) is 3.15. The molecule has 0 fully saturated rings. The zero-order valence-electron chi connectivity index (χ0n) is 16.3. The van der Waals surface area contributed by atoms with Crippen molar-refractivity contribution in [2.24, 2.45) is 5.92 Å². The van der Waals surface area contributed by atoms with Gasteiger partial charge in [-0.1, -0.05) is 26.0 Å². The largest absolute Gasteiger partial charge is 0.493 e. The van der Waals surface area contributed by atoms with Gasteiger partial charge in [0.1, 0.15) is 6.33 Å². The minimum Gasteiger partial charge on any atom is -0.493 e. The van der Waals surface area contributed by atoms with E-state index in [2.05, 4.69) is 28.9 Å². The maximum absolute atomic E-state index is 12.3. The molecule has 0 aliphatic rings. The Balaban J connectivity index is 1.91. The van der Waals surface area contributed by atoms with Crippen LogP contribution < -0.4 is 15.0 Å². The van der Waals surface area contributed by atoms with E-state index in [0.717, 1.165) is 10.9 Å². The van der Waals surface area contributed by atoms with Crippen molar-refractivity contribution in [3.8, 4) is 11.5 Å². The summed E-state index contributed by atoms with van der Waals surface area (Å²) in [5, 5.41) is 13.9. The summed E-state index contributed by atoms with van der Waals surface area (Å²) in [7, 11) is 1.54. The average molecular weight is 399 g/mol. The lowest BCUT2D eigenvalue weighted by atomic mass is 10.1. The number of methoxy groups -OCH3 is 1. The summed E-state index contributed by atoms with van der Waals surface area (Å²) < 4.78 is 12.0. The van der Waals surface area contributed by atoms with Crippen LogP contribution in [0.15, 0.2) is 29.3 Å². The third-order valence-corrected chi connectivity index (χ3v) is 4.19. The lowest BCUT2D eigenvalue weighted by Gasteiger charge is -2.12. The van der Waals surface area contributed by atoms with Crippen molar-refractivity contribution in [3.63, 3.8) is 0 Å². The second-order valence-electron chi connectivity index (χ2n) is 6.71. The summed E-state index contributed by atoms with van der Waals surface area (Å²) in [6.07, 6.45) is 5.18. The lowest BCUT2D eigenvalue weighted by Crippen LogP contribution is -2.20. The summed E-state index contributed by atoms with van der Waals surface area (Å²) in [6, 6.07) is 5.30. The van der Waals surface area contributed by atoms with Crippen LogP contribution in [0.4, 0.5) is 5.69 Å². The number of hydrogen-bond acceptors (Lipinski definition) is 7. The highest BCUT2D eigenvalue weighted by molar-refractivity contribution is 5.73. The quantitative estimate of drug-likeness (QED) is 0.456. The van der Waals surface area contributed by atoms with Crippen LogP contribution in [0.2, 0.25) is 0 Å². The van der Waals surface area contributed by atoms with Gasteiger partial charge in [-0.05, 0) is 36.1 Å². The number of benzene rings is 1. The highest BCUT2D eigenvalue weighted by Crippen LogP contribution is 2.29. The molecular weight excluding hydrogens is 378 g/mol. The molecule has 10 nitrogen and oxygen atoms in total. The van der Waals surface area contributed by atoms with Crippen molar-refractivity contribution >= 4 is 23.6 Å². The van der Waals surface area contributed by atoms with Crippen LogP contribution in [-0.4, -0.2) is 38.2 Å². The third kappa shape index (κ3) is 4.42. The third-order valence-electron chi connectivity index (χ3n) is 4.19. The number of nitro groups is 1. The summed E-state index contributed by atoms with van der Waals surface area (Å²) >= 11 is 0. The van der Waals surface area contributed by atoms with Crippen molar-refractivity contribution in [1.29, 1.82) is 0 Å². The van der Waals surface area contributed by atoms with Crippen molar-refractivity contribution in [1.82, 2.24) is 19.6 Å². The second kappa shape index (κ2) is 8.55. The monoisotopic (exact) mass is 399 g/mol. The van der Waals surface area contributed by atoms with E-state index in [1.807, 2.05) is 0 Å². The number of nitrogens with zero attached hydrogens (tertiary/aromatic N) is 4. The van der Waals surface area contributed by atoms with Gasteiger partial charge in [0.15, 0.2) is 17.2 Å². The fourth-order valence-corrected chi connectivity index (χ4v) is 2.64. The van der Waals surface area contributed by atoms with E-state index >= 15 is 0 Å². The summed E-state index contributed by atoms with van der Waals surface area (Å²) in [4.78, 5) is 30.9. The van der Waals surface area contributed by atoms with Crippen LogP contribution in [0.1, 0.15) is 31.5 Å². The number of aromatic nitrogens is 4. The molecule has 29 heavy (non-hydrogen) atoms. The van der Waals surface area contributed by atoms with Crippen molar-refractivity contribution in [3.05, 3.63) is 56.3 Å². The zero-order valence-corrected chi connectivity index (χ0v) is 16.3. The predicted octanol–water partition coefficient (Wildman–Crippen LogP) is 2.93. The first-order valence-corrected chi connectivity index (χ1v) is 9.00. The van der Waals surface area contributed by atoms with Gasteiger partial charge in [-0.15, -0.1) is 0 Å². The normalized spacial score (nSPS) is 11.4. The van der Waals surface area contributed by atoms with E-state index in [1.165, 1.54) is 19.5 Å². The summed E-state index contributed by atoms with van der Waals surface area (Å²) in [5.74, 6) is 1.74. The minimum atomic E-state index is -0.830. The molecule has 0 atom stereocenters. The van der Waals surface area contributed by atoms with E-state index in [0.29, 0.717) is 29.6 Å². The molecular formula is C19H21N5O5. The fourth-order valence-electron chi connectivity index (χ4n) is 2.64. The highest BCUT2D eigenvalue weighted by atomic mass is 16.6. The molecule has 0 saturated carbocycles. The van der Waals surface area contributed by atoms with Gasteiger partial charge in [0.05, 0.1) is 18.6 Å². The Morgan fingerprint density at radius 1 is 1.31 bits per heavy atom. The molecule has 0 amide bonds. The highest BCUT2D eigenvalue weighted by Gasteiger charge is 2.22. The number of fused-ring (bicyclic) bond motifs is 1. The van der Waals surface area contributed by atoms with Gasteiger partial charge in [0.2, 0.25) is 0 Å². The number of hydrogen-bond donors (Lipinski definition) is 1. The smallest absolute Gasteiger partial charge is 0.361 e. The van der Waals surface area contributed by atoms with Gasteiger partial charge < -0.3 is 9.47 Å². The minimum absolute atomic E-state index is 0.0479. The molecule has 0 aliphatic carbocycles. The van der Waals surface area contributed by atoms with E-state index in [4.69, 9.17) is 9.47 Å². The molecule has 1 aromatic carbocycles. The van der Waals surface area contributed by atoms with Gasteiger partial charge in [0, 0.05) is 0 Å². The molecule has 10 heteroatoms. The van der Waals surface area contributed by atoms with E-state index in [1.54, 1.807) is 24.3 Å². The Morgan fingerprint density at radius 2 is 2.10 bits per heavy atom. The zero-order chi connectivity index (χ0) is 21.0. The van der Waals surface area contributed by atoms with Crippen LogP contribution in [0.5, 0.6) is 11.5 Å². The second-order valence-corrected chi connectivity index (χ2v) is 6.71. The number of nitrogens with one attached hydrogen (secondary N) is 1. The maximum atomic E-state index is 12.3. The number of aromatic amines is 1. The van der Waals surface area contributed by atoms with E-state index < -0.39 is 16.2 Å². The van der Waals surface area contributed by atoms with Crippen LogP contribution >= 0.6 is 0 Å².